The maximum atomic E-state index is 9.18. The summed E-state index contributed by atoms with van der Waals surface area (Å²) >= 11 is 0. The summed E-state index contributed by atoms with van der Waals surface area (Å²) in [5.74, 6) is 0.903. The van der Waals surface area contributed by atoms with Crippen LogP contribution in [0.4, 0.5) is 5.82 Å². The topological polar surface area (TPSA) is 53.7 Å². The molecule has 0 aliphatic carbocycles. The first-order valence-electron chi connectivity index (χ1n) is 6.43. The Morgan fingerprint density at radius 2 is 2.22 bits per heavy atom. The summed E-state index contributed by atoms with van der Waals surface area (Å²) < 4.78 is 1.84. The van der Waals surface area contributed by atoms with Gasteiger partial charge in [0.15, 0.2) is 5.82 Å². The molecule has 98 valence electrons. The molecule has 0 fully saturated rings. The molecule has 0 saturated carbocycles. The molecule has 0 bridgehead atoms. The zero-order valence-corrected chi connectivity index (χ0v) is 11.0. The molecule has 5 nitrogen and oxygen atoms in total. The van der Waals surface area contributed by atoms with Crippen molar-refractivity contribution in [3.63, 3.8) is 0 Å². The molecule has 0 atom stereocenters. The van der Waals surface area contributed by atoms with Crippen molar-refractivity contribution in [1.29, 1.82) is 0 Å². The highest BCUT2D eigenvalue weighted by Gasteiger charge is 2.12. The first kappa shape index (κ1) is 12.8. The van der Waals surface area contributed by atoms with E-state index >= 15 is 0 Å². The van der Waals surface area contributed by atoms with Crippen molar-refractivity contribution in [3.8, 4) is 0 Å². The quantitative estimate of drug-likeness (QED) is 0.844. The van der Waals surface area contributed by atoms with Gasteiger partial charge in [0.05, 0.1) is 12.3 Å². The summed E-state index contributed by atoms with van der Waals surface area (Å²) in [7, 11) is 0. The largest absolute Gasteiger partial charge is 0.395 e. The van der Waals surface area contributed by atoms with Gasteiger partial charge in [0.25, 0.3) is 0 Å². The van der Waals surface area contributed by atoms with Gasteiger partial charge in [-0.1, -0.05) is 13.3 Å². The predicted molar refractivity (Wildman–Crippen MR) is 71.9 cm³/mol. The van der Waals surface area contributed by atoms with Crippen LogP contribution in [0.3, 0.4) is 0 Å². The van der Waals surface area contributed by atoms with Crippen molar-refractivity contribution >= 4 is 11.3 Å². The lowest BCUT2D eigenvalue weighted by molar-refractivity contribution is 0.301. The standard InChI is InChI=1S/C13H20N4O/c1-3-4-6-16(8-9-18)13-12-10-11(2)15-17(12)7-5-14-13/h5,7,10,18H,3-4,6,8-9H2,1-2H3. The predicted octanol–water partition coefficient (Wildman–Crippen LogP) is 1.64. The Kier molecular flexibility index (Phi) is 4.15. The number of rotatable bonds is 6. The number of aryl methyl sites for hydroxylation is 1. The van der Waals surface area contributed by atoms with E-state index < -0.39 is 0 Å². The first-order valence-corrected chi connectivity index (χ1v) is 6.43. The fourth-order valence-corrected chi connectivity index (χ4v) is 2.07. The molecular weight excluding hydrogens is 228 g/mol. The molecule has 18 heavy (non-hydrogen) atoms. The average molecular weight is 248 g/mol. The lowest BCUT2D eigenvalue weighted by atomic mass is 10.3. The van der Waals surface area contributed by atoms with Gasteiger partial charge in [0.2, 0.25) is 0 Å². The number of anilines is 1. The van der Waals surface area contributed by atoms with Crippen LogP contribution in [0.2, 0.25) is 0 Å². The van der Waals surface area contributed by atoms with E-state index in [1.165, 1.54) is 0 Å². The molecule has 0 spiro atoms. The minimum absolute atomic E-state index is 0.138. The highest BCUT2D eigenvalue weighted by molar-refractivity contribution is 5.69. The number of fused-ring (bicyclic) bond motifs is 1. The van der Waals surface area contributed by atoms with E-state index in [9.17, 15) is 5.11 Å². The van der Waals surface area contributed by atoms with Crippen molar-refractivity contribution in [1.82, 2.24) is 14.6 Å². The number of nitrogens with zero attached hydrogens (tertiary/aromatic N) is 4. The van der Waals surface area contributed by atoms with Gasteiger partial charge in [-0.25, -0.2) is 9.50 Å². The van der Waals surface area contributed by atoms with Crippen molar-refractivity contribution in [2.45, 2.75) is 26.7 Å². The van der Waals surface area contributed by atoms with E-state index in [4.69, 9.17) is 0 Å². The monoisotopic (exact) mass is 248 g/mol. The van der Waals surface area contributed by atoms with E-state index in [1.54, 1.807) is 6.20 Å². The summed E-state index contributed by atoms with van der Waals surface area (Å²) in [5, 5.41) is 13.6. The van der Waals surface area contributed by atoms with Crippen LogP contribution in [0.5, 0.6) is 0 Å². The fourth-order valence-electron chi connectivity index (χ4n) is 2.07. The summed E-state index contributed by atoms with van der Waals surface area (Å²) in [6.07, 6.45) is 5.83. The normalized spacial score (nSPS) is 11.1. The van der Waals surface area contributed by atoms with Gasteiger partial charge >= 0.3 is 0 Å². The molecular formula is C13H20N4O. The number of aliphatic hydroxyl groups is 1. The highest BCUT2D eigenvalue weighted by Crippen LogP contribution is 2.19. The lowest BCUT2D eigenvalue weighted by Gasteiger charge is -2.23. The minimum Gasteiger partial charge on any atom is -0.395 e. The molecule has 0 saturated heterocycles. The molecule has 2 aromatic heterocycles. The molecule has 0 radical (unpaired) electrons. The maximum absolute atomic E-state index is 9.18. The molecule has 0 aromatic carbocycles. The molecule has 0 aliphatic rings. The Morgan fingerprint density at radius 1 is 1.39 bits per heavy atom. The van der Waals surface area contributed by atoms with E-state index in [2.05, 4.69) is 21.9 Å². The Morgan fingerprint density at radius 3 is 2.94 bits per heavy atom. The summed E-state index contributed by atoms with van der Waals surface area (Å²) in [4.78, 5) is 6.57. The van der Waals surface area contributed by atoms with Crippen LogP contribution < -0.4 is 4.90 Å². The van der Waals surface area contributed by atoms with Crippen LogP contribution in [-0.4, -0.2) is 39.4 Å². The van der Waals surface area contributed by atoms with Crippen molar-refractivity contribution < 1.29 is 5.11 Å². The SMILES string of the molecule is CCCCN(CCO)c1nccn2nc(C)cc12. The number of unbranched alkanes of at least 4 members (excludes halogenated alkanes) is 1. The molecule has 2 aromatic rings. The fraction of sp³-hybridized carbons (Fsp3) is 0.538. The van der Waals surface area contributed by atoms with Gasteiger partial charge in [0, 0.05) is 25.5 Å². The van der Waals surface area contributed by atoms with E-state index in [-0.39, 0.29) is 6.61 Å². The van der Waals surface area contributed by atoms with E-state index in [0.29, 0.717) is 6.54 Å². The third-order valence-corrected chi connectivity index (χ3v) is 2.94. The molecule has 0 aliphatic heterocycles. The summed E-state index contributed by atoms with van der Waals surface area (Å²) in [6.45, 7) is 5.79. The van der Waals surface area contributed by atoms with Crippen molar-refractivity contribution in [3.05, 3.63) is 24.2 Å². The van der Waals surface area contributed by atoms with Crippen LogP contribution in [-0.2, 0) is 0 Å². The van der Waals surface area contributed by atoms with Crippen molar-refractivity contribution in [2.24, 2.45) is 0 Å². The number of hydrogen-bond acceptors (Lipinski definition) is 4. The van der Waals surface area contributed by atoms with Crippen LogP contribution in [0.15, 0.2) is 18.5 Å². The second-order valence-electron chi connectivity index (χ2n) is 4.43. The van der Waals surface area contributed by atoms with Gasteiger partial charge in [-0.05, 0) is 19.4 Å². The maximum Gasteiger partial charge on any atom is 0.154 e. The molecule has 0 unspecified atom stereocenters. The van der Waals surface area contributed by atoms with Crippen LogP contribution in [0.25, 0.3) is 5.52 Å². The smallest absolute Gasteiger partial charge is 0.154 e. The third-order valence-electron chi connectivity index (χ3n) is 2.94. The molecule has 2 rings (SSSR count). The summed E-state index contributed by atoms with van der Waals surface area (Å²) in [5.41, 5.74) is 1.98. The van der Waals surface area contributed by atoms with Crippen LogP contribution in [0.1, 0.15) is 25.5 Å². The van der Waals surface area contributed by atoms with Crippen molar-refractivity contribution in [2.75, 3.05) is 24.6 Å². The zero-order chi connectivity index (χ0) is 13.0. The molecule has 1 N–H and O–H groups in total. The molecule has 2 heterocycles. The molecule has 0 amide bonds. The van der Waals surface area contributed by atoms with Crippen LogP contribution in [0, 0.1) is 6.92 Å². The number of aromatic nitrogens is 3. The Hall–Kier alpha value is -1.62. The first-order chi connectivity index (χ1) is 8.76. The lowest BCUT2D eigenvalue weighted by Crippen LogP contribution is -2.29. The van der Waals surface area contributed by atoms with Gasteiger partial charge in [-0.2, -0.15) is 5.10 Å². The van der Waals surface area contributed by atoms with E-state index in [1.807, 2.05) is 23.7 Å². The Labute approximate surface area is 107 Å². The average Bonchev–Trinajstić information content (AvgIpc) is 2.74. The summed E-state index contributed by atoms with van der Waals surface area (Å²) in [6, 6.07) is 2.03. The van der Waals surface area contributed by atoms with E-state index in [0.717, 1.165) is 36.4 Å². The number of hydrogen-bond donors (Lipinski definition) is 1. The zero-order valence-electron chi connectivity index (χ0n) is 11.0. The van der Waals surface area contributed by atoms with Gasteiger partial charge in [0.1, 0.15) is 5.52 Å². The Balaban J connectivity index is 2.36. The number of aliphatic hydroxyl groups excluding tert-OH is 1. The van der Waals surface area contributed by atoms with Crippen LogP contribution >= 0.6 is 0 Å². The van der Waals surface area contributed by atoms with Gasteiger partial charge in [-0.3, -0.25) is 0 Å². The Bertz CT molecular complexity index is 509. The molecule has 5 heteroatoms. The third kappa shape index (κ3) is 2.61. The second-order valence-corrected chi connectivity index (χ2v) is 4.43. The second kappa shape index (κ2) is 5.82. The van der Waals surface area contributed by atoms with Gasteiger partial charge < -0.3 is 10.0 Å². The van der Waals surface area contributed by atoms with Gasteiger partial charge in [-0.15, -0.1) is 0 Å². The minimum atomic E-state index is 0.138. The highest BCUT2D eigenvalue weighted by atomic mass is 16.3.